The van der Waals surface area contributed by atoms with Crippen LogP contribution in [0.15, 0.2) is 30.3 Å². The fourth-order valence-corrected chi connectivity index (χ4v) is 0.894. The molecule has 60 valence electrons. The van der Waals surface area contributed by atoms with Crippen LogP contribution >= 0.6 is 0 Å². The van der Waals surface area contributed by atoms with Gasteiger partial charge in [-0.25, -0.2) is 0 Å². The van der Waals surface area contributed by atoms with Crippen molar-refractivity contribution in [2.45, 2.75) is 0 Å². The molecule has 0 aliphatic rings. The lowest BCUT2D eigenvalue weighted by atomic mass is 10.2. The van der Waals surface area contributed by atoms with Gasteiger partial charge in [-0.15, -0.1) is 0 Å². The van der Waals surface area contributed by atoms with Crippen LogP contribution in [0.5, 0.6) is 0 Å². The van der Waals surface area contributed by atoms with Gasteiger partial charge in [-0.3, -0.25) is 0 Å². The van der Waals surface area contributed by atoms with Gasteiger partial charge in [-0.05, 0) is 23.8 Å². The van der Waals surface area contributed by atoms with Crippen LogP contribution in [0, 0.1) is 11.3 Å². The number of anilines is 1. The van der Waals surface area contributed by atoms with Crippen molar-refractivity contribution >= 4 is 11.8 Å². The summed E-state index contributed by atoms with van der Waals surface area (Å²) in [4.78, 5) is 0. The van der Waals surface area contributed by atoms with Crippen molar-refractivity contribution in [3.05, 3.63) is 35.9 Å². The van der Waals surface area contributed by atoms with E-state index >= 15 is 0 Å². The van der Waals surface area contributed by atoms with E-state index in [0.29, 0.717) is 0 Å². The maximum absolute atomic E-state index is 8.28. The summed E-state index contributed by atoms with van der Waals surface area (Å²) in [6.07, 6.45) is 3.24. The third-order valence-corrected chi connectivity index (χ3v) is 1.55. The molecule has 2 heteroatoms. The second kappa shape index (κ2) is 4.20. The molecule has 0 atom stereocenters. The number of nitrogens with one attached hydrogen (secondary N) is 1. The number of hydrogen-bond acceptors (Lipinski definition) is 2. The number of rotatable bonds is 2. The van der Waals surface area contributed by atoms with E-state index in [0.717, 1.165) is 11.3 Å². The Bertz CT molecular complexity index is 304. The largest absolute Gasteiger partial charge is 0.388 e. The van der Waals surface area contributed by atoms with Gasteiger partial charge in [-0.1, -0.05) is 12.1 Å². The standard InChI is InChI=1S/C10H10N2/c1-12-10-6-4-9(5-7-10)3-2-8-11/h2-7,12H,1H3. The van der Waals surface area contributed by atoms with E-state index in [1.165, 1.54) is 6.08 Å². The number of benzene rings is 1. The summed E-state index contributed by atoms with van der Waals surface area (Å²) in [5.74, 6) is 0. The molecule has 0 fully saturated rings. The average Bonchev–Trinajstić information content (AvgIpc) is 2.15. The van der Waals surface area contributed by atoms with Gasteiger partial charge in [0.15, 0.2) is 0 Å². The van der Waals surface area contributed by atoms with E-state index in [4.69, 9.17) is 5.26 Å². The molecule has 0 amide bonds. The molecular formula is C10H10N2. The second-order valence-corrected chi connectivity index (χ2v) is 2.33. The van der Waals surface area contributed by atoms with Crippen molar-refractivity contribution in [1.82, 2.24) is 0 Å². The van der Waals surface area contributed by atoms with Gasteiger partial charge in [-0.2, -0.15) is 5.26 Å². The van der Waals surface area contributed by atoms with E-state index in [-0.39, 0.29) is 0 Å². The van der Waals surface area contributed by atoms with Crippen molar-refractivity contribution in [3.8, 4) is 6.07 Å². The fraction of sp³-hybridized carbons (Fsp3) is 0.100. The van der Waals surface area contributed by atoms with Gasteiger partial charge in [0.2, 0.25) is 0 Å². The van der Waals surface area contributed by atoms with Crippen LogP contribution < -0.4 is 5.32 Å². The summed E-state index contributed by atoms with van der Waals surface area (Å²) in [6, 6.07) is 9.80. The highest BCUT2D eigenvalue weighted by Crippen LogP contribution is 2.09. The van der Waals surface area contributed by atoms with E-state index in [9.17, 15) is 0 Å². The Hall–Kier alpha value is -1.75. The maximum Gasteiger partial charge on any atom is 0.0912 e. The van der Waals surface area contributed by atoms with Crippen LogP contribution in [0.25, 0.3) is 6.08 Å². The first kappa shape index (κ1) is 8.35. The van der Waals surface area contributed by atoms with Crippen molar-refractivity contribution in [3.63, 3.8) is 0 Å². The van der Waals surface area contributed by atoms with Crippen LogP contribution in [0.2, 0.25) is 0 Å². The Morgan fingerprint density at radius 2 is 2.00 bits per heavy atom. The van der Waals surface area contributed by atoms with Gasteiger partial charge < -0.3 is 5.32 Å². The Balaban J connectivity index is 2.79. The fourth-order valence-electron chi connectivity index (χ4n) is 0.894. The number of nitriles is 1. The summed E-state index contributed by atoms with van der Waals surface area (Å²) < 4.78 is 0. The minimum Gasteiger partial charge on any atom is -0.388 e. The maximum atomic E-state index is 8.28. The van der Waals surface area contributed by atoms with Gasteiger partial charge in [0, 0.05) is 18.8 Å². The highest BCUT2D eigenvalue weighted by atomic mass is 14.8. The third-order valence-electron chi connectivity index (χ3n) is 1.55. The molecule has 0 saturated carbocycles. The first-order valence-corrected chi connectivity index (χ1v) is 3.71. The van der Waals surface area contributed by atoms with Crippen LogP contribution in [-0.2, 0) is 0 Å². The second-order valence-electron chi connectivity index (χ2n) is 2.33. The zero-order valence-corrected chi connectivity index (χ0v) is 6.91. The average molecular weight is 158 g/mol. The molecule has 0 unspecified atom stereocenters. The predicted molar refractivity (Wildman–Crippen MR) is 50.6 cm³/mol. The number of allylic oxidation sites excluding steroid dienone is 1. The van der Waals surface area contributed by atoms with Gasteiger partial charge in [0.05, 0.1) is 6.07 Å². The molecule has 1 aromatic rings. The molecule has 0 heterocycles. The van der Waals surface area contributed by atoms with Crippen LogP contribution in [-0.4, -0.2) is 7.05 Å². The predicted octanol–water partition coefficient (Wildman–Crippen LogP) is 2.27. The minimum atomic E-state index is 1.04. The summed E-state index contributed by atoms with van der Waals surface area (Å²) in [6.45, 7) is 0. The zero-order valence-electron chi connectivity index (χ0n) is 6.91. The summed E-state index contributed by atoms with van der Waals surface area (Å²) in [5.41, 5.74) is 2.11. The third kappa shape index (κ3) is 2.14. The Morgan fingerprint density at radius 1 is 1.33 bits per heavy atom. The Labute approximate surface area is 72.1 Å². The van der Waals surface area contributed by atoms with Gasteiger partial charge in [0.1, 0.15) is 0 Å². The van der Waals surface area contributed by atoms with Crippen molar-refractivity contribution in [1.29, 1.82) is 5.26 Å². The van der Waals surface area contributed by atoms with Crippen molar-refractivity contribution in [2.24, 2.45) is 0 Å². The van der Waals surface area contributed by atoms with Gasteiger partial charge in [0.25, 0.3) is 0 Å². The van der Waals surface area contributed by atoms with E-state index in [2.05, 4.69) is 5.32 Å². The SMILES string of the molecule is CNc1ccc(C=CC#N)cc1. The van der Waals surface area contributed by atoms with E-state index < -0.39 is 0 Å². The van der Waals surface area contributed by atoms with Crippen LogP contribution in [0.1, 0.15) is 5.56 Å². The highest BCUT2D eigenvalue weighted by molar-refractivity contribution is 5.56. The Kier molecular flexibility index (Phi) is 2.92. The molecule has 0 bridgehead atoms. The summed E-state index contributed by atoms with van der Waals surface area (Å²) >= 11 is 0. The Morgan fingerprint density at radius 3 is 2.50 bits per heavy atom. The number of hydrogen-bond donors (Lipinski definition) is 1. The molecule has 2 nitrogen and oxygen atoms in total. The molecule has 1 rings (SSSR count). The van der Waals surface area contributed by atoms with E-state index in [1.807, 2.05) is 37.4 Å². The first-order chi connectivity index (χ1) is 5.86. The molecule has 0 spiro atoms. The molecule has 0 saturated heterocycles. The van der Waals surface area contributed by atoms with Crippen LogP contribution in [0.3, 0.4) is 0 Å². The summed E-state index contributed by atoms with van der Waals surface area (Å²) in [5, 5.41) is 11.3. The van der Waals surface area contributed by atoms with E-state index in [1.54, 1.807) is 6.08 Å². The number of nitrogens with zero attached hydrogens (tertiary/aromatic N) is 1. The van der Waals surface area contributed by atoms with Crippen molar-refractivity contribution in [2.75, 3.05) is 12.4 Å². The summed E-state index contributed by atoms with van der Waals surface area (Å²) in [7, 11) is 1.88. The normalized spacial score (nSPS) is 9.67. The molecule has 1 aromatic carbocycles. The zero-order chi connectivity index (χ0) is 8.81. The topological polar surface area (TPSA) is 35.8 Å². The first-order valence-electron chi connectivity index (χ1n) is 3.71. The van der Waals surface area contributed by atoms with Crippen LogP contribution in [0.4, 0.5) is 5.69 Å². The van der Waals surface area contributed by atoms with Gasteiger partial charge >= 0.3 is 0 Å². The quantitative estimate of drug-likeness (QED) is 0.670. The monoisotopic (exact) mass is 158 g/mol. The lowest BCUT2D eigenvalue weighted by Crippen LogP contribution is -1.86. The lowest BCUT2D eigenvalue weighted by Gasteiger charge is -1.98. The molecule has 0 aromatic heterocycles. The molecule has 12 heavy (non-hydrogen) atoms. The highest BCUT2D eigenvalue weighted by Gasteiger charge is 1.87. The smallest absolute Gasteiger partial charge is 0.0912 e. The minimum absolute atomic E-state index is 1.04. The molecule has 0 aliphatic heterocycles. The molecule has 0 radical (unpaired) electrons. The molecule has 1 N–H and O–H groups in total. The molecular weight excluding hydrogens is 148 g/mol. The molecule has 0 aliphatic carbocycles. The lowest BCUT2D eigenvalue weighted by molar-refractivity contribution is 1.50. The van der Waals surface area contributed by atoms with Crippen molar-refractivity contribution < 1.29 is 0 Å².